The van der Waals surface area contributed by atoms with Gasteiger partial charge in [0.05, 0.1) is 45.5 Å². The Bertz CT molecular complexity index is 3440. The maximum Gasteiger partial charge on any atom is 0.0991 e. The fourth-order valence-corrected chi connectivity index (χ4v) is 11.3. The molecule has 68 heavy (non-hydrogen) atoms. The van der Waals surface area contributed by atoms with Crippen LogP contribution in [-0.4, -0.2) is 0 Å². The topological polar surface area (TPSA) is 50.8 Å². The Hall–Kier alpha value is -9.02. The smallest absolute Gasteiger partial charge is 0.0991 e. The second kappa shape index (κ2) is 17.1. The van der Waals surface area contributed by atoms with Crippen molar-refractivity contribution in [2.75, 3.05) is 4.90 Å². The minimum absolute atomic E-state index is 0.595. The van der Waals surface area contributed by atoms with Crippen molar-refractivity contribution in [2.45, 2.75) is 17.8 Å². The minimum Gasteiger partial charge on any atom is -0.309 e. The van der Waals surface area contributed by atoms with E-state index in [1.165, 1.54) is 22.3 Å². The van der Waals surface area contributed by atoms with E-state index in [2.05, 4.69) is 243 Å². The van der Waals surface area contributed by atoms with Crippen molar-refractivity contribution < 1.29 is 0 Å². The zero-order valence-electron chi connectivity index (χ0n) is 37.6. The second-order valence-electron chi connectivity index (χ2n) is 17.3. The lowest BCUT2D eigenvalue weighted by atomic mass is 9.66. The molecule has 0 bridgehead atoms. The maximum atomic E-state index is 9.96. The highest BCUT2D eigenvalue weighted by Crippen LogP contribution is 2.61. The number of allylic oxidation sites excluding steroid dienone is 5. The predicted octanol–water partition coefficient (Wildman–Crippen LogP) is 15.8. The van der Waals surface area contributed by atoms with E-state index >= 15 is 0 Å². The Labute approximate surface area is 398 Å². The summed E-state index contributed by atoms with van der Waals surface area (Å²) in [7, 11) is 0. The Morgan fingerprint density at radius 2 is 0.971 bits per heavy atom. The van der Waals surface area contributed by atoms with Crippen molar-refractivity contribution >= 4 is 22.6 Å². The van der Waals surface area contributed by atoms with Crippen molar-refractivity contribution in [2.24, 2.45) is 0 Å². The van der Waals surface area contributed by atoms with Gasteiger partial charge in [-0.25, -0.2) is 0 Å². The molecule has 0 aliphatic heterocycles. The third-order valence-electron chi connectivity index (χ3n) is 14.0. The van der Waals surface area contributed by atoms with Crippen molar-refractivity contribution in [3.05, 3.63) is 310 Å². The highest BCUT2D eigenvalue weighted by molar-refractivity contribution is 6.01. The third kappa shape index (κ3) is 6.25. The van der Waals surface area contributed by atoms with Gasteiger partial charge in [0.15, 0.2) is 0 Å². The van der Waals surface area contributed by atoms with E-state index in [-0.39, 0.29) is 0 Å². The molecule has 0 aromatic heterocycles. The average molecular weight is 868 g/mol. The molecule has 9 aromatic carbocycles. The van der Waals surface area contributed by atoms with Crippen LogP contribution in [0.25, 0.3) is 27.8 Å². The fourth-order valence-electron chi connectivity index (χ4n) is 11.3. The van der Waals surface area contributed by atoms with Gasteiger partial charge in [0, 0.05) is 16.8 Å². The lowest BCUT2D eigenvalue weighted by Crippen LogP contribution is -2.29. The predicted molar refractivity (Wildman–Crippen MR) is 278 cm³/mol. The molecule has 0 unspecified atom stereocenters. The number of rotatable bonds is 10. The first kappa shape index (κ1) is 41.7. The summed E-state index contributed by atoms with van der Waals surface area (Å²) in [6.07, 6.45) is 6.44. The molecule has 0 N–H and O–H groups in total. The molecule has 2 aliphatic rings. The normalized spacial score (nSPS) is 13.8. The Kier molecular flexibility index (Phi) is 10.5. The first-order chi connectivity index (χ1) is 33.6. The minimum atomic E-state index is -0.785. The molecular formula is C65H45N3. The highest BCUT2D eigenvalue weighted by atomic mass is 15.1. The molecule has 0 spiro atoms. The van der Waals surface area contributed by atoms with Crippen LogP contribution in [0.15, 0.2) is 255 Å². The molecule has 2 aliphatic carbocycles. The summed E-state index contributed by atoms with van der Waals surface area (Å²) in [4.78, 5) is 2.47. The molecule has 9 aromatic rings. The zero-order chi connectivity index (χ0) is 46.2. The van der Waals surface area contributed by atoms with Crippen molar-refractivity contribution in [3.63, 3.8) is 0 Å². The number of nitrogens with zero attached hydrogens (tertiary/aromatic N) is 3. The van der Waals surface area contributed by atoms with Crippen LogP contribution in [0.1, 0.15) is 62.6 Å². The standard InChI is InChI=1S/C65H45N3/c1-3-19-57-53(4-2)55-41-40-52(42-60(55)65(57,48-22-10-6-11-23-48)49-24-12-7-13-25-49)68(61-30-17-15-26-54(61)47-20-8-5-9-21-47)62-31-18-29-59-63(62)56-27-14-16-28-58(56)64(59,50-36-32-45(43-66)33-37-50)51-38-34-46(44-67)35-39-51/h3-42H,2H2,1H3/b19-3-. The molecule has 0 saturated heterocycles. The van der Waals surface area contributed by atoms with E-state index in [1.807, 2.05) is 30.3 Å². The van der Waals surface area contributed by atoms with Crippen LogP contribution in [0, 0.1) is 22.7 Å². The van der Waals surface area contributed by atoms with E-state index in [0.717, 1.165) is 72.7 Å². The van der Waals surface area contributed by atoms with Crippen LogP contribution in [0.4, 0.5) is 17.1 Å². The fraction of sp³-hybridized carbons (Fsp3) is 0.0462. The molecular weight excluding hydrogens is 823 g/mol. The van der Waals surface area contributed by atoms with Crippen LogP contribution in [0.5, 0.6) is 0 Å². The number of nitriles is 2. The summed E-state index contributed by atoms with van der Waals surface area (Å²) in [5.74, 6) is 0. The van der Waals surface area contributed by atoms with E-state index in [9.17, 15) is 10.5 Å². The maximum absolute atomic E-state index is 9.96. The molecule has 0 heterocycles. The summed E-state index contributed by atoms with van der Waals surface area (Å²) in [6.45, 7) is 6.53. The van der Waals surface area contributed by atoms with Gasteiger partial charge in [-0.2, -0.15) is 10.5 Å². The van der Waals surface area contributed by atoms with Gasteiger partial charge in [0.1, 0.15) is 0 Å². The summed E-state index contributed by atoms with van der Waals surface area (Å²) < 4.78 is 0. The Morgan fingerprint density at radius 1 is 0.456 bits per heavy atom. The molecule has 3 nitrogen and oxygen atoms in total. The SMILES string of the molecule is C=CC1=C(/C=C\C)C(c2ccccc2)(c2ccccc2)c2cc(N(c3ccccc3-c3ccccc3)c3cccc4c3-c3ccccc3C4(c3ccc(C#N)cc3)c3ccc(C#N)cc3)ccc21. The van der Waals surface area contributed by atoms with E-state index in [4.69, 9.17) is 0 Å². The number of para-hydroxylation sites is 1. The van der Waals surface area contributed by atoms with E-state index in [1.54, 1.807) is 0 Å². The van der Waals surface area contributed by atoms with Gasteiger partial charge in [0.2, 0.25) is 0 Å². The average Bonchev–Trinajstić information content (AvgIpc) is 3.87. The highest BCUT2D eigenvalue weighted by Gasteiger charge is 2.49. The Balaban J connectivity index is 1.26. The molecule has 0 amide bonds. The van der Waals surface area contributed by atoms with Crippen molar-refractivity contribution in [1.29, 1.82) is 10.5 Å². The summed E-state index contributed by atoms with van der Waals surface area (Å²) in [6, 6.07) is 84.3. The quantitative estimate of drug-likeness (QED) is 0.138. The summed E-state index contributed by atoms with van der Waals surface area (Å²) in [5, 5.41) is 19.9. The van der Waals surface area contributed by atoms with Crippen LogP contribution in [0.2, 0.25) is 0 Å². The van der Waals surface area contributed by atoms with Gasteiger partial charge >= 0.3 is 0 Å². The lowest BCUT2D eigenvalue weighted by Gasteiger charge is -2.36. The van der Waals surface area contributed by atoms with Gasteiger partial charge in [-0.3, -0.25) is 0 Å². The van der Waals surface area contributed by atoms with Crippen LogP contribution in [-0.2, 0) is 10.8 Å². The van der Waals surface area contributed by atoms with Gasteiger partial charge in [0.25, 0.3) is 0 Å². The van der Waals surface area contributed by atoms with Crippen LogP contribution < -0.4 is 4.90 Å². The summed E-state index contributed by atoms with van der Waals surface area (Å²) >= 11 is 0. The first-order valence-electron chi connectivity index (χ1n) is 23.0. The Morgan fingerprint density at radius 3 is 1.56 bits per heavy atom. The van der Waals surface area contributed by atoms with Gasteiger partial charge in [-0.1, -0.05) is 201 Å². The number of anilines is 3. The van der Waals surface area contributed by atoms with Gasteiger partial charge < -0.3 is 4.90 Å². The molecule has 11 rings (SSSR count). The van der Waals surface area contributed by atoms with Gasteiger partial charge in [-0.05, 0) is 122 Å². The van der Waals surface area contributed by atoms with E-state index in [0.29, 0.717) is 11.1 Å². The molecule has 0 atom stereocenters. The van der Waals surface area contributed by atoms with Crippen molar-refractivity contribution in [1.82, 2.24) is 0 Å². The number of hydrogen-bond acceptors (Lipinski definition) is 3. The molecule has 320 valence electrons. The third-order valence-corrected chi connectivity index (χ3v) is 14.0. The largest absolute Gasteiger partial charge is 0.309 e. The monoisotopic (exact) mass is 867 g/mol. The number of hydrogen-bond donors (Lipinski definition) is 0. The van der Waals surface area contributed by atoms with Crippen LogP contribution in [0.3, 0.4) is 0 Å². The first-order valence-corrected chi connectivity index (χ1v) is 23.0. The molecule has 0 saturated carbocycles. The second-order valence-corrected chi connectivity index (χ2v) is 17.3. The number of benzene rings is 9. The summed E-state index contributed by atoms with van der Waals surface area (Å²) in [5.41, 5.74) is 18.5. The molecule has 3 heteroatoms. The van der Waals surface area contributed by atoms with Gasteiger partial charge in [-0.15, -0.1) is 0 Å². The molecule has 0 fully saturated rings. The van der Waals surface area contributed by atoms with Crippen LogP contribution >= 0.6 is 0 Å². The zero-order valence-corrected chi connectivity index (χ0v) is 37.6. The lowest BCUT2D eigenvalue weighted by molar-refractivity contribution is 0.761. The van der Waals surface area contributed by atoms with E-state index < -0.39 is 10.8 Å². The number of fused-ring (bicyclic) bond motifs is 4. The van der Waals surface area contributed by atoms with Crippen molar-refractivity contribution in [3.8, 4) is 34.4 Å². The molecule has 0 radical (unpaired) electrons.